The number of rotatable bonds is 6. The molecule has 2 aromatic heterocycles. The Morgan fingerprint density at radius 1 is 1.39 bits per heavy atom. The largest absolute Gasteiger partial charge is 0.461 e. The number of amides is 1. The van der Waals surface area contributed by atoms with Crippen molar-refractivity contribution in [2.24, 2.45) is 0 Å². The Labute approximate surface area is 168 Å². The summed E-state index contributed by atoms with van der Waals surface area (Å²) >= 11 is 1.36. The summed E-state index contributed by atoms with van der Waals surface area (Å²) in [6.07, 6.45) is 3.69. The number of thiazole rings is 1. The van der Waals surface area contributed by atoms with Gasteiger partial charge in [0.15, 0.2) is 5.69 Å². The Balaban J connectivity index is 1.66. The molecule has 0 radical (unpaired) electrons. The van der Waals surface area contributed by atoms with Gasteiger partial charge in [-0.3, -0.25) is 9.48 Å². The maximum absolute atomic E-state index is 12.7. The van der Waals surface area contributed by atoms with Gasteiger partial charge >= 0.3 is 5.97 Å². The Kier molecular flexibility index (Phi) is 7.55. The third-order valence-electron chi connectivity index (χ3n) is 4.55. The van der Waals surface area contributed by atoms with Crippen LogP contribution in [0, 0.1) is 0 Å². The van der Waals surface area contributed by atoms with Crippen LogP contribution < -0.4 is 5.32 Å². The van der Waals surface area contributed by atoms with Gasteiger partial charge in [-0.15, -0.1) is 11.3 Å². The molecule has 0 bridgehead atoms. The van der Waals surface area contributed by atoms with Crippen LogP contribution in [-0.4, -0.2) is 53.0 Å². The Bertz CT molecular complexity index is 788. The molecule has 152 valence electrons. The summed E-state index contributed by atoms with van der Waals surface area (Å²) < 4.78 is 12.7. The fourth-order valence-electron chi connectivity index (χ4n) is 3.20. The van der Waals surface area contributed by atoms with E-state index in [1.165, 1.54) is 11.3 Å². The number of carbonyl (C=O) groups excluding carboxylic acids is 2. The summed E-state index contributed by atoms with van der Waals surface area (Å²) in [6, 6.07) is 0. The van der Waals surface area contributed by atoms with Gasteiger partial charge in [-0.1, -0.05) is 0 Å². The third kappa shape index (κ3) is 5.17. The Hall–Kier alpha value is -2.26. The van der Waals surface area contributed by atoms with E-state index in [0.29, 0.717) is 57.1 Å². The number of hydrogen-bond acceptors (Lipinski definition) is 7. The van der Waals surface area contributed by atoms with Crippen LogP contribution in [0.15, 0.2) is 10.9 Å². The van der Waals surface area contributed by atoms with Crippen LogP contribution in [0.25, 0.3) is 0 Å². The van der Waals surface area contributed by atoms with Crippen molar-refractivity contribution in [3.8, 4) is 0 Å². The Morgan fingerprint density at radius 3 is 3.04 bits per heavy atom. The maximum atomic E-state index is 12.7. The molecule has 3 heterocycles. The molecule has 1 amide bonds. The SMILES string of the molecule is CCn1nc(CCCOC(=O)c2cscn2)c2c1C(=O)NCCCOCCC2. The predicted octanol–water partition coefficient (Wildman–Crippen LogP) is 2.23. The molecule has 9 heteroatoms. The highest BCUT2D eigenvalue weighted by molar-refractivity contribution is 7.07. The lowest BCUT2D eigenvalue weighted by molar-refractivity contribution is 0.0494. The zero-order valence-corrected chi connectivity index (χ0v) is 16.9. The van der Waals surface area contributed by atoms with Gasteiger partial charge in [0, 0.05) is 37.2 Å². The highest BCUT2D eigenvalue weighted by Gasteiger charge is 2.23. The quantitative estimate of drug-likeness (QED) is 0.584. The van der Waals surface area contributed by atoms with Crippen molar-refractivity contribution in [1.82, 2.24) is 20.1 Å². The zero-order valence-electron chi connectivity index (χ0n) is 16.1. The molecular formula is C19H26N4O4S. The van der Waals surface area contributed by atoms with Gasteiger partial charge in [-0.2, -0.15) is 5.10 Å². The molecule has 1 aliphatic heterocycles. The van der Waals surface area contributed by atoms with Crippen LogP contribution in [0.4, 0.5) is 0 Å². The highest BCUT2D eigenvalue weighted by Crippen LogP contribution is 2.19. The number of aromatic nitrogens is 3. The number of carbonyl (C=O) groups is 2. The Morgan fingerprint density at radius 2 is 2.25 bits per heavy atom. The first kappa shape index (κ1) is 20.5. The van der Waals surface area contributed by atoms with E-state index in [0.717, 1.165) is 30.5 Å². The molecule has 0 aromatic carbocycles. The second kappa shape index (κ2) is 10.3. The molecule has 0 unspecified atom stereocenters. The number of hydrogen-bond donors (Lipinski definition) is 1. The maximum Gasteiger partial charge on any atom is 0.357 e. The number of aryl methyl sites for hydroxylation is 2. The summed E-state index contributed by atoms with van der Waals surface area (Å²) in [5.74, 6) is -0.483. The first-order valence-electron chi connectivity index (χ1n) is 9.70. The number of esters is 1. The molecule has 8 nitrogen and oxygen atoms in total. The summed E-state index contributed by atoms with van der Waals surface area (Å²) in [5, 5.41) is 9.30. The molecule has 3 rings (SSSR count). The average Bonchev–Trinajstić information content (AvgIpc) is 3.34. The fourth-order valence-corrected chi connectivity index (χ4v) is 3.72. The van der Waals surface area contributed by atoms with Gasteiger partial charge in [0.2, 0.25) is 0 Å². The molecule has 1 N–H and O–H groups in total. The standard InChI is InChI=1S/C19H26N4O4S/c1-2-23-17-14(6-3-9-26-10-5-8-20-18(17)24)15(22-23)7-4-11-27-19(25)16-12-28-13-21-16/h12-13H,2-11H2,1H3,(H,20,24). The summed E-state index contributed by atoms with van der Waals surface area (Å²) in [6.45, 7) is 4.83. The van der Waals surface area contributed by atoms with E-state index in [1.54, 1.807) is 15.6 Å². The van der Waals surface area contributed by atoms with Crippen molar-refractivity contribution in [2.45, 2.75) is 45.6 Å². The van der Waals surface area contributed by atoms with Gasteiger partial charge < -0.3 is 14.8 Å². The van der Waals surface area contributed by atoms with E-state index < -0.39 is 5.97 Å². The van der Waals surface area contributed by atoms with E-state index in [1.807, 2.05) is 6.92 Å². The molecule has 0 atom stereocenters. The minimum Gasteiger partial charge on any atom is -0.461 e. The van der Waals surface area contributed by atoms with Crippen LogP contribution >= 0.6 is 11.3 Å². The third-order valence-corrected chi connectivity index (χ3v) is 5.13. The van der Waals surface area contributed by atoms with Crippen LogP contribution in [0.3, 0.4) is 0 Å². The smallest absolute Gasteiger partial charge is 0.357 e. The summed E-state index contributed by atoms with van der Waals surface area (Å²) in [4.78, 5) is 28.5. The molecule has 0 aliphatic carbocycles. The normalized spacial score (nSPS) is 15.4. The van der Waals surface area contributed by atoms with E-state index in [4.69, 9.17) is 9.47 Å². The second-order valence-electron chi connectivity index (χ2n) is 6.53. The second-order valence-corrected chi connectivity index (χ2v) is 7.25. The lowest BCUT2D eigenvalue weighted by Gasteiger charge is -2.08. The first-order chi connectivity index (χ1) is 13.7. The van der Waals surface area contributed by atoms with Crippen LogP contribution in [0.5, 0.6) is 0 Å². The topological polar surface area (TPSA) is 95.3 Å². The molecular weight excluding hydrogens is 380 g/mol. The lowest BCUT2D eigenvalue weighted by atomic mass is 10.0. The van der Waals surface area contributed by atoms with Gasteiger partial charge in [0.05, 0.1) is 17.8 Å². The monoisotopic (exact) mass is 406 g/mol. The number of nitrogens with one attached hydrogen (secondary N) is 1. The van der Waals surface area contributed by atoms with Gasteiger partial charge in [-0.05, 0) is 39.0 Å². The average molecular weight is 407 g/mol. The van der Waals surface area contributed by atoms with E-state index in [2.05, 4.69) is 15.4 Å². The van der Waals surface area contributed by atoms with E-state index in [-0.39, 0.29) is 5.91 Å². The van der Waals surface area contributed by atoms with E-state index in [9.17, 15) is 9.59 Å². The van der Waals surface area contributed by atoms with Gasteiger partial charge in [-0.25, -0.2) is 9.78 Å². The minimum absolute atomic E-state index is 0.0764. The fraction of sp³-hybridized carbons (Fsp3) is 0.579. The van der Waals surface area contributed by atoms with Crippen molar-refractivity contribution in [3.63, 3.8) is 0 Å². The molecule has 0 saturated carbocycles. The van der Waals surface area contributed by atoms with Gasteiger partial charge in [0.1, 0.15) is 5.69 Å². The molecule has 1 aliphatic rings. The summed E-state index contributed by atoms with van der Waals surface area (Å²) in [5.41, 5.74) is 4.48. The molecule has 0 saturated heterocycles. The van der Waals surface area contributed by atoms with E-state index >= 15 is 0 Å². The number of nitrogens with zero attached hydrogens (tertiary/aromatic N) is 3. The number of ether oxygens (including phenoxy) is 2. The van der Waals surface area contributed by atoms with Gasteiger partial charge in [0.25, 0.3) is 5.91 Å². The number of fused-ring (bicyclic) bond motifs is 1. The summed E-state index contributed by atoms with van der Waals surface area (Å²) in [7, 11) is 0. The van der Waals surface area contributed by atoms with Crippen molar-refractivity contribution >= 4 is 23.2 Å². The zero-order chi connectivity index (χ0) is 19.8. The molecule has 2 aromatic rings. The van der Waals surface area contributed by atoms with Crippen molar-refractivity contribution in [1.29, 1.82) is 0 Å². The minimum atomic E-state index is -0.406. The van der Waals surface area contributed by atoms with Crippen molar-refractivity contribution in [3.05, 3.63) is 33.5 Å². The molecule has 28 heavy (non-hydrogen) atoms. The predicted molar refractivity (Wildman–Crippen MR) is 105 cm³/mol. The van der Waals surface area contributed by atoms with Crippen LogP contribution in [0.1, 0.15) is 58.4 Å². The lowest BCUT2D eigenvalue weighted by Crippen LogP contribution is -2.28. The van der Waals surface area contributed by atoms with Crippen LogP contribution in [-0.2, 0) is 28.9 Å². The molecule has 0 spiro atoms. The van der Waals surface area contributed by atoms with Crippen molar-refractivity contribution in [2.75, 3.05) is 26.4 Å². The first-order valence-corrected chi connectivity index (χ1v) is 10.6. The highest BCUT2D eigenvalue weighted by atomic mass is 32.1. The molecule has 0 fully saturated rings. The van der Waals surface area contributed by atoms with Crippen molar-refractivity contribution < 1.29 is 19.1 Å². The van der Waals surface area contributed by atoms with Crippen LogP contribution in [0.2, 0.25) is 0 Å².